The average Bonchev–Trinajstić information content (AvgIpc) is 3.22. The molecule has 0 aliphatic rings. The number of hydrogen-bond donors (Lipinski definition) is 0. The third-order valence-corrected chi connectivity index (χ3v) is 5.54. The highest BCUT2D eigenvalue weighted by molar-refractivity contribution is 6.41. The number of allylic oxidation sites excluding steroid dienone is 1. The Morgan fingerprint density at radius 1 is 1.03 bits per heavy atom. The van der Waals surface area contributed by atoms with Gasteiger partial charge in [0, 0.05) is 18.5 Å². The normalized spacial score (nSPS) is 10.6. The monoisotopic (exact) mass is 474 g/mol. The molecule has 0 saturated heterocycles. The fourth-order valence-corrected chi connectivity index (χ4v) is 3.90. The van der Waals surface area contributed by atoms with Gasteiger partial charge in [-0.3, -0.25) is 4.79 Å². The number of rotatable bonds is 10. The van der Waals surface area contributed by atoms with Crippen LogP contribution in [0.2, 0.25) is 0 Å². The van der Waals surface area contributed by atoms with E-state index in [1.807, 2.05) is 41.8 Å². The molecule has 3 aromatic rings. The van der Waals surface area contributed by atoms with E-state index < -0.39 is 17.7 Å². The number of nitrogens with zero attached hydrogens (tertiary/aromatic N) is 2. The van der Waals surface area contributed by atoms with Gasteiger partial charge in [0.15, 0.2) is 5.69 Å². The van der Waals surface area contributed by atoms with Gasteiger partial charge in [0.25, 0.3) is 5.78 Å². The highest BCUT2D eigenvalue weighted by Crippen LogP contribution is 2.27. The molecule has 1 aromatic heterocycles. The molecule has 0 unspecified atom stereocenters. The molecule has 7 heteroatoms. The fraction of sp³-hybridized carbons (Fsp3) is 0.286. The Balaban J connectivity index is 2.00. The number of ether oxygens (including phenoxy) is 2. The molecule has 0 saturated carbocycles. The predicted molar refractivity (Wildman–Crippen MR) is 134 cm³/mol. The first kappa shape index (κ1) is 25.6. The first-order valence-corrected chi connectivity index (χ1v) is 11.6. The summed E-state index contributed by atoms with van der Waals surface area (Å²) in [5, 5.41) is 0. The molecule has 3 rings (SSSR count). The molecule has 35 heavy (non-hydrogen) atoms. The molecule has 182 valence electrons. The molecule has 0 amide bonds. The Morgan fingerprint density at radius 3 is 2.31 bits per heavy atom. The molecule has 0 fully saturated rings. The van der Waals surface area contributed by atoms with Crippen molar-refractivity contribution in [3.63, 3.8) is 0 Å². The maximum atomic E-state index is 12.8. The molecule has 7 nitrogen and oxygen atoms in total. The van der Waals surface area contributed by atoms with Gasteiger partial charge in [0.05, 0.1) is 19.4 Å². The molecule has 0 aliphatic heterocycles. The van der Waals surface area contributed by atoms with E-state index in [1.165, 1.54) is 7.11 Å². The highest BCUT2D eigenvalue weighted by Gasteiger charge is 2.25. The zero-order valence-electron chi connectivity index (χ0n) is 20.6. The minimum absolute atomic E-state index is 0.265. The van der Waals surface area contributed by atoms with Gasteiger partial charge in [0.1, 0.15) is 5.82 Å². The fourth-order valence-electron chi connectivity index (χ4n) is 3.90. The van der Waals surface area contributed by atoms with Crippen LogP contribution in [0.25, 0.3) is 16.7 Å². The van der Waals surface area contributed by atoms with Crippen LogP contribution >= 0.6 is 0 Å². The first-order chi connectivity index (χ1) is 16.8. The Kier molecular flexibility index (Phi) is 8.36. The van der Waals surface area contributed by atoms with Crippen molar-refractivity contribution in [1.82, 2.24) is 9.55 Å². The molecule has 0 bridgehead atoms. The lowest BCUT2D eigenvalue weighted by Crippen LogP contribution is -2.16. The lowest BCUT2D eigenvalue weighted by atomic mass is 9.96. The van der Waals surface area contributed by atoms with E-state index in [0.717, 1.165) is 23.4 Å². The quantitative estimate of drug-likeness (QED) is 0.230. The summed E-state index contributed by atoms with van der Waals surface area (Å²) in [7, 11) is 1.18. The topological polar surface area (TPSA) is 87.5 Å². The van der Waals surface area contributed by atoms with Gasteiger partial charge in [-0.25, -0.2) is 14.6 Å². The van der Waals surface area contributed by atoms with Crippen molar-refractivity contribution in [2.75, 3.05) is 13.7 Å². The summed E-state index contributed by atoms with van der Waals surface area (Å²) < 4.78 is 11.8. The van der Waals surface area contributed by atoms with Gasteiger partial charge < -0.3 is 14.0 Å². The maximum absolute atomic E-state index is 12.8. The van der Waals surface area contributed by atoms with Crippen molar-refractivity contribution >= 4 is 23.3 Å². The summed E-state index contributed by atoms with van der Waals surface area (Å²) in [5.41, 5.74) is 4.31. The van der Waals surface area contributed by atoms with E-state index in [0.29, 0.717) is 35.5 Å². The van der Waals surface area contributed by atoms with Crippen LogP contribution in [-0.2, 0) is 27.2 Å². The van der Waals surface area contributed by atoms with E-state index in [1.54, 1.807) is 25.1 Å². The summed E-state index contributed by atoms with van der Waals surface area (Å²) in [6, 6.07) is 14.6. The molecular formula is C28H30N2O5. The van der Waals surface area contributed by atoms with E-state index in [4.69, 9.17) is 9.72 Å². The number of aryl methyl sites for hydroxylation is 1. The highest BCUT2D eigenvalue weighted by atomic mass is 16.5. The van der Waals surface area contributed by atoms with E-state index in [9.17, 15) is 14.4 Å². The molecule has 0 radical (unpaired) electrons. The summed E-state index contributed by atoms with van der Waals surface area (Å²) in [6.07, 6.45) is 1.58. The van der Waals surface area contributed by atoms with Crippen molar-refractivity contribution in [2.45, 2.75) is 40.2 Å². The summed E-state index contributed by atoms with van der Waals surface area (Å²) in [5.74, 6) is -1.22. The second kappa shape index (κ2) is 11.4. The van der Waals surface area contributed by atoms with Crippen molar-refractivity contribution in [3.8, 4) is 11.1 Å². The number of ketones is 1. The SMILES string of the molecule is C=C(C)c1nc(CCC)n(Cc2ccc(-c3ccccc3C(=O)C(=O)OC)cc2)c1C(=O)OCC. The third-order valence-electron chi connectivity index (χ3n) is 5.54. The second-order valence-corrected chi connectivity index (χ2v) is 8.13. The van der Waals surface area contributed by atoms with Crippen LogP contribution in [0.4, 0.5) is 0 Å². The Morgan fingerprint density at radius 2 is 1.71 bits per heavy atom. The van der Waals surface area contributed by atoms with Gasteiger partial charge in [-0.15, -0.1) is 0 Å². The van der Waals surface area contributed by atoms with Crippen LogP contribution in [0.3, 0.4) is 0 Å². The van der Waals surface area contributed by atoms with Gasteiger partial charge in [0.2, 0.25) is 0 Å². The van der Waals surface area contributed by atoms with Gasteiger partial charge in [-0.2, -0.15) is 0 Å². The minimum atomic E-state index is -0.905. The third kappa shape index (κ3) is 5.57. The standard InChI is InChI=1S/C28H30N2O5/c1-6-10-23-29-24(18(3)4)25(27(32)35-7-2)30(23)17-19-13-15-20(16-14-19)21-11-8-9-12-22(21)26(31)28(33)34-5/h8-9,11-16H,3,6-7,10,17H2,1-2,4-5H3. The van der Waals surface area contributed by atoms with E-state index in [2.05, 4.69) is 18.2 Å². The molecule has 1 heterocycles. The Bertz CT molecular complexity index is 1250. The van der Waals surface area contributed by atoms with Crippen LogP contribution in [0.15, 0.2) is 55.1 Å². The number of esters is 2. The molecule has 0 atom stereocenters. The molecule has 0 spiro atoms. The number of benzene rings is 2. The predicted octanol–water partition coefficient (Wildman–Crippen LogP) is 5.12. The first-order valence-electron chi connectivity index (χ1n) is 11.6. The summed E-state index contributed by atoms with van der Waals surface area (Å²) in [4.78, 5) is 41.8. The number of carbonyl (C=O) groups excluding carboxylic acids is 3. The summed E-state index contributed by atoms with van der Waals surface area (Å²) >= 11 is 0. The lowest BCUT2D eigenvalue weighted by molar-refractivity contribution is -0.135. The molecule has 2 aromatic carbocycles. The van der Waals surface area contributed by atoms with Gasteiger partial charge in [-0.1, -0.05) is 62.0 Å². The summed E-state index contributed by atoms with van der Waals surface area (Å²) in [6.45, 7) is 10.3. The van der Waals surface area contributed by atoms with E-state index in [-0.39, 0.29) is 12.2 Å². The van der Waals surface area contributed by atoms with Crippen molar-refractivity contribution < 1.29 is 23.9 Å². The maximum Gasteiger partial charge on any atom is 0.379 e. The lowest BCUT2D eigenvalue weighted by Gasteiger charge is -2.13. The minimum Gasteiger partial charge on any atom is -0.463 e. The van der Waals surface area contributed by atoms with Crippen molar-refractivity contribution in [3.05, 3.63) is 83.4 Å². The molecule has 0 aliphatic carbocycles. The largest absolute Gasteiger partial charge is 0.463 e. The number of carbonyl (C=O) groups is 3. The van der Waals surface area contributed by atoms with Crippen molar-refractivity contribution in [1.29, 1.82) is 0 Å². The van der Waals surface area contributed by atoms with Crippen LogP contribution in [-0.4, -0.2) is 41.0 Å². The smallest absolute Gasteiger partial charge is 0.379 e. The average molecular weight is 475 g/mol. The van der Waals surface area contributed by atoms with Gasteiger partial charge >= 0.3 is 11.9 Å². The van der Waals surface area contributed by atoms with Crippen LogP contribution < -0.4 is 0 Å². The molecule has 0 N–H and O–H groups in total. The number of aromatic nitrogens is 2. The van der Waals surface area contributed by atoms with Crippen LogP contribution in [0, 0.1) is 0 Å². The van der Waals surface area contributed by atoms with Crippen LogP contribution in [0.1, 0.15) is 65.1 Å². The Hall–Kier alpha value is -4.00. The number of imidazole rings is 1. The van der Waals surface area contributed by atoms with Crippen molar-refractivity contribution in [2.24, 2.45) is 0 Å². The molecular weight excluding hydrogens is 444 g/mol. The number of Topliss-reactive ketones (excluding diaryl/α,β-unsaturated/α-hetero) is 1. The van der Waals surface area contributed by atoms with Crippen LogP contribution in [0.5, 0.6) is 0 Å². The zero-order chi connectivity index (χ0) is 25.5. The van der Waals surface area contributed by atoms with Gasteiger partial charge in [-0.05, 0) is 42.5 Å². The zero-order valence-corrected chi connectivity index (χ0v) is 20.6. The number of methoxy groups -OCH3 is 1. The van der Waals surface area contributed by atoms with E-state index >= 15 is 0 Å². The second-order valence-electron chi connectivity index (χ2n) is 8.13. The number of hydrogen-bond acceptors (Lipinski definition) is 6. The Labute approximate surface area is 205 Å².